The number of hydrogen-bond acceptors (Lipinski definition) is 2. The van der Waals surface area contributed by atoms with Crippen LogP contribution in [0, 0.1) is 5.92 Å². The number of rotatable bonds is 0. The maximum atomic E-state index is 11.0. The van der Waals surface area contributed by atoms with E-state index in [0.717, 1.165) is 31.7 Å². The number of carbonyl (C=O) groups excluding carboxylic acids is 1. The number of amides is 1. The fourth-order valence-corrected chi connectivity index (χ4v) is 2.34. The highest BCUT2D eigenvalue weighted by atomic mass is 16.6. The van der Waals surface area contributed by atoms with Gasteiger partial charge < -0.3 is 10.1 Å². The van der Waals surface area contributed by atoms with E-state index in [4.69, 9.17) is 4.74 Å². The second-order valence-corrected chi connectivity index (χ2v) is 4.10. The van der Waals surface area contributed by atoms with Crippen molar-refractivity contribution in [3.05, 3.63) is 0 Å². The molecule has 0 aromatic heterocycles. The van der Waals surface area contributed by atoms with Gasteiger partial charge in [0.05, 0.1) is 0 Å². The predicted molar refractivity (Wildman–Crippen MR) is 44.8 cm³/mol. The molecule has 1 spiro atoms. The molecule has 2 fully saturated rings. The van der Waals surface area contributed by atoms with Gasteiger partial charge in [-0.1, -0.05) is 6.92 Å². The summed E-state index contributed by atoms with van der Waals surface area (Å²) in [5, 5.41) is 2.69. The molecule has 2 aliphatic rings. The zero-order chi connectivity index (χ0) is 8.60. The van der Waals surface area contributed by atoms with Crippen molar-refractivity contribution >= 4 is 6.09 Å². The fraction of sp³-hybridized carbons (Fsp3) is 0.889. The molecule has 0 radical (unpaired) electrons. The highest BCUT2D eigenvalue weighted by molar-refractivity contribution is 5.68. The molecule has 1 aliphatic carbocycles. The number of alkyl carbamates (subject to hydrolysis) is 1. The molecule has 1 aliphatic heterocycles. The first-order valence-electron chi connectivity index (χ1n) is 4.67. The van der Waals surface area contributed by atoms with Crippen molar-refractivity contribution in [3.63, 3.8) is 0 Å². The van der Waals surface area contributed by atoms with Crippen molar-refractivity contribution in [3.8, 4) is 0 Å². The third-order valence-corrected chi connectivity index (χ3v) is 2.97. The Balaban J connectivity index is 2.05. The summed E-state index contributed by atoms with van der Waals surface area (Å²) in [5.74, 6) is 0.718. The molecule has 12 heavy (non-hydrogen) atoms. The van der Waals surface area contributed by atoms with Crippen LogP contribution < -0.4 is 5.32 Å². The van der Waals surface area contributed by atoms with E-state index in [-0.39, 0.29) is 11.7 Å². The Morgan fingerprint density at radius 3 is 3.00 bits per heavy atom. The summed E-state index contributed by atoms with van der Waals surface area (Å²) >= 11 is 0. The molecule has 2 atom stereocenters. The van der Waals surface area contributed by atoms with Crippen LogP contribution in [0.4, 0.5) is 4.79 Å². The van der Waals surface area contributed by atoms with Gasteiger partial charge in [-0.2, -0.15) is 0 Å². The molecule has 1 N–H and O–H groups in total. The Morgan fingerprint density at radius 1 is 1.58 bits per heavy atom. The maximum Gasteiger partial charge on any atom is 0.407 e. The van der Waals surface area contributed by atoms with Gasteiger partial charge in [-0.3, -0.25) is 0 Å². The fourth-order valence-electron chi connectivity index (χ4n) is 2.34. The van der Waals surface area contributed by atoms with Crippen molar-refractivity contribution < 1.29 is 9.53 Å². The molecular weight excluding hydrogens is 154 g/mol. The lowest BCUT2D eigenvalue weighted by Gasteiger charge is -2.33. The van der Waals surface area contributed by atoms with Crippen molar-refractivity contribution in [2.45, 2.75) is 38.2 Å². The molecule has 1 saturated carbocycles. The SMILES string of the molecule is CC1CCC2(CCNC(=O)O2)C1. The van der Waals surface area contributed by atoms with Crippen LogP contribution in [-0.4, -0.2) is 18.2 Å². The summed E-state index contributed by atoms with van der Waals surface area (Å²) in [6, 6.07) is 0. The summed E-state index contributed by atoms with van der Waals surface area (Å²) in [4.78, 5) is 11.0. The summed E-state index contributed by atoms with van der Waals surface area (Å²) in [6.45, 7) is 3.01. The minimum atomic E-state index is -0.227. The minimum absolute atomic E-state index is 0.0955. The van der Waals surface area contributed by atoms with Crippen LogP contribution in [0.5, 0.6) is 0 Å². The van der Waals surface area contributed by atoms with Gasteiger partial charge in [-0.25, -0.2) is 4.79 Å². The minimum Gasteiger partial charge on any atom is -0.443 e. The lowest BCUT2D eigenvalue weighted by atomic mass is 9.95. The van der Waals surface area contributed by atoms with Crippen LogP contribution in [0.15, 0.2) is 0 Å². The molecule has 0 aromatic rings. The van der Waals surface area contributed by atoms with E-state index < -0.39 is 0 Å². The summed E-state index contributed by atoms with van der Waals surface area (Å²) in [5.41, 5.74) is -0.0955. The predicted octanol–water partition coefficient (Wildman–Crippen LogP) is 1.68. The number of hydrogen-bond donors (Lipinski definition) is 1. The van der Waals surface area contributed by atoms with E-state index >= 15 is 0 Å². The van der Waals surface area contributed by atoms with Crippen molar-refractivity contribution in [1.82, 2.24) is 5.32 Å². The molecule has 2 rings (SSSR count). The number of carbonyl (C=O) groups is 1. The monoisotopic (exact) mass is 169 g/mol. The molecule has 0 bridgehead atoms. The van der Waals surface area contributed by atoms with Crippen LogP contribution >= 0.6 is 0 Å². The largest absolute Gasteiger partial charge is 0.443 e. The molecule has 1 heterocycles. The van der Waals surface area contributed by atoms with Gasteiger partial charge in [0.2, 0.25) is 0 Å². The van der Waals surface area contributed by atoms with Gasteiger partial charge in [0.15, 0.2) is 0 Å². The van der Waals surface area contributed by atoms with E-state index in [1.807, 2.05) is 0 Å². The second kappa shape index (κ2) is 2.64. The van der Waals surface area contributed by atoms with E-state index in [9.17, 15) is 4.79 Å². The van der Waals surface area contributed by atoms with Gasteiger partial charge in [-0.05, 0) is 25.2 Å². The Morgan fingerprint density at radius 2 is 2.42 bits per heavy atom. The lowest BCUT2D eigenvalue weighted by molar-refractivity contribution is -0.00994. The molecule has 0 aromatic carbocycles. The van der Waals surface area contributed by atoms with E-state index in [2.05, 4.69) is 12.2 Å². The van der Waals surface area contributed by atoms with E-state index in [1.165, 1.54) is 6.42 Å². The molecular formula is C9H15NO2. The molecule has 3 heteroatoms. The van der Waals surface area contributed by atoms with Crippen molar-refractivity contribution in [2.24, 2.45) is 5.92 Å². The van der Waals surface area contributed by atoms with Gasteiger partial charge in [0.1, 0.15) is 5.60 Å². The molecule has 1 amide bonds. The first-order valence-corrected chi connectivity index (χ1v) is 4.67. The van der Waals surface area contributed by atoms with Gasteiger partial charge in [-0.15, -0.1) is 0 Å². The topological polar surface area (TPSA) is 38.3 Å². The molecule has 1 saturated heterocycles. The smallest absolute Gasteiger partial charge is 0.407 e. The molecule has 68 valence electrons. The lowest BCUT2D eigenvalue weighted by Crippen LogP contribution is -2.45. The first-order chi connectivity index (χ1) is 5.70. The van der Waals surface area contributed by atoms with Crippen LogP contribution in [0.2, 0.25) is 0 Å². The summed E-state index contributed by atoms with van der Waals surface area (Å²) in [7, 11) is 0. The average Bonchev–Trinajstić information content (AvgIpc) is 2.32. The zero-order valence-corrected chi connectivity index (χ0v) is 7.43. The van der Waals surface area contributed by atoms with Gasteiger partial charge >= 0.3 is 6.09 Å². The molecule has 3 nitrogen and oxygen atoms in total. The Kier molecular flexibility index (Phi) is 1.74. The Labute approximate surface area is 72.5 Å². The summed E-state index contributed by atoms with van der Waals surface area (Å²) < 4.78 is 5.36. The second-order valence-electron chi connectivity index (χ2n) is 4.10. The van der Waals surface area contributed by atoms with Crippen molar-refractivity contribution in [1.29, 1.82) is 0 Å². The Bertz CT molecular complexity index is 201. The van der Waals surface area contributed by atoms with Crippen LogP contribution in [0.25, 0.3) is 0 Å². The number of nitrogens with one attached hydrogen (secondary N) is 1. The van der Waals surface area contributed by atoms with Gasteiger partial charge in [0.25, 0.3) is 0 Å². The average molecular weight is 169 g/mol. The Hall–Kier alpha value is -0.730. The van der Waals surface area contributed by atoms with Crippen molar-refractivity contribution in [2.75, 3.05) is 6.54 Å². The highest BCUT2D eigenvalue weighted by Crippen LogP contribution is 2.40. The standard InChI is InChI=1S/C9H15NO2/c1-7-2-3-9(6-7)4-5-10-8(11)12-9/h7H,2-6H2,1H3,(H,10,11). The zero-order valence-electron chi connectivity index (χ0n) is 7.43. The third kappa shape index (κ3) is 1.28. The summed E-state index contributed by atoms with van der Waals surface area (Å²) in [6.07, 6.45) is 4.08. The first kappa shape index (κ1) is 7.90. The maximum absolute atomic E-state index is 11.0. The number of ether oxygens (including phenoxy) is 1. The quantitative estimate of drug-likeness (QED) is 0.599. The molecule has 2 unspecified atom stereocenters. The normalized spacial score (nSPS) is 41.1. The third-order valence-electron chi connectivity index (χ3n) is 2.97. The van der Waals surface area contributed by atoms with Gasteiger partial charge in [0, 0.05) is 13.0 Å². The highest BCUT2D eigenvalue weighted by Gasteiger charge is 2.42. The van der Waals surface area contributed by atoms with E-state index in [0.29, 0.717) is 0 Å². The van der Waals surface area contributed by atoms with Crippen LogP contribution in [-0.2, 0) is 4.74 Å². The van der Waals surface area contributed by atoms with Crippen LogP contribution in [0.1, 0.15) is 32.6 Å². The van der Waals surface area contributed by atoms with Crippen LogP contribution in [0.3, 0.4) is 0 Å². The van der Waals surface area contributed by atoms with E-state index in [1.54, 1.807) is 0 Å².